The molecule has 8 unspecified atom stereocenters. The second kappa shape index (κ2) is 13.3. The van der Waals surface area contributed by atoms with Crippen LogP contribution in [0.15, 0.2) is 60.7 Å². The van der Waals surface area contributed by atoms with E-state index in [4.69, 9.17) is 0 Å². The Labute approximate surface area is 284 Å². The van der Waals surface area contributed by atoms with Crippen molar-refractivity contribution in [3.63, 3.8) is 0 Å². The molecule has 0 radical (unpaired) electrons. The van der Waals surface area contributed by atoms with E-state index in [-0.39, 0.29) is 52.2 Å². The lowest BCUT2D eigenvalue weighted by molar-refractivity contribution is -0.189. The number of rotatable bonds is 12. The summed E-state index contributed by atoms with van der Waals surface area (Å²) >= 11 is 0. The van der Waals surface area contributed by atoms with Gasteiger partial charge in [-0.05, 0) is 101 Å². The molecule has 47 heavy (non-hydrogen) atoms. The number of hydrogen-bond donors (Lipinski definition) is 4. The zero-order valence-corrected chi connectivity index (χ0v) is 30.7. The van der Waals surface area contributed by atoms with Crippen LogP contribution in [0.5, 0.6) is 0 Å². The van der Waals surface area contributed by atoms with Gasteiger partial charge in [0.15, 0.2) is 5.41 Å². The smallest absolute Gasteiger partial charge is 0.322 e. The topological polar surface area (TPSA) is 98.7 Å². The summed E-state index contributed by atoms with van der Waals surface area (Å²) in [5, 5.41) is 31.7. The van der Waals surface area contributed by atoms with Crippen LogP contribution >= 0.6 is 0 Å². The first kappa shape index (κ1) is 37.1. The molecule has 0 aromatic heterocycles. The Bertz CT molecular complexity index is 1340. The summed E-state index contributed by atoms with van der Waals surface area (Å²) in [5.74, 6) is -3.06. The maximum absolute atomic E-state index is 14.5. The standard InChI is InChI=1S/C41H62N2O4/c1-11-36(7)26-32(28(5)38(9,13-3)42-36)41(31-23-19-16-20-24-31,33-27-37(8,12-2)43-39(10,14-4)29(33)6)40(34(44)45,35(46)47)25-30-21-17-15-18-22-30/h15-24,28-29,32-33,42-43H,11-14,25-27H2,1-10H3,(H,44,45)(H,46,47). The van der Waals surface area contributed by atoms with Crippen molar-refractivity contribution in [1.29, 1.82) is 0 Å². The van der Waals surface area contributed by atoms with Gasteiger partial charge in [0.1, 0.15) is 0 Å². The van der Waals surface area contributed by atoms with E-state index in [2.05, 4.69) is 79.9 Å². The maximum atomic E-state index is 14.5. The third kappa shape index (κ3) is 5.96. The third-order valence-corrected chi connectivity index (χ3v) is 13.9. The van der Waals surface area contributed by atoms with Gasteiger partial charge in [0.2, 0.25) is 0 Å². The van der Waals surface area contributed by atoms with Gasteiger partial charge in [0, 0.05) is 34.0 Å². The highest BCUT2D eigenvalue weighted by Crippen LogP contribution is 2.65. The van der Waals surface area contributed by atoms with Crippen molar-refractivity contribution in [2.45, 2.75) is 142 Å². The lowest BCUT2D eigenvalue weighted by Crippen LogP contribution is -2.76. The van der Waals surface area contributed by atoms with Crippen LogP contribution in [0.25, 0.3) is 0 Å². The van der Waals surface area contributed by atoms with Crippen LogP contribution in [0.4, 0.5) is 0 Å². The molecule has 4 rings (SSSR count). The Hall–Kier alpha value is -2.70. The third-order valence-electron chi connectivity index (χ3n) is 13.9. The van der Waals surface area contributed by atoms with Crippen molar-refractivity contribution in [3.8, 4) is 0 Å². The number of benzene rings is 2. The van der Waals surface area contributed by atoms with Gasteiger partial charge in [-0.25, -0.2) is 0 Å². The summed E-state index contributed by atoms with van der Waals surface area (Å²) in [6.07, 6.45) is 4.64. The summed E-state index contributed by atoms with van der Waals surface area (Å²) in [5.41, 5.74) is -3.14. The Balaban J connectivity index is 2.29. The number of piperidine rings is 2. The first-order valence-electron chi connectivity index (χ1n) is 18.1. The summed E-state index contributed by atoms with van der Waals surface area (Å²) in [4.78, 5) is 29.0. The van der Waals surface area contributed by atoms with E-state index in [0.29, 0.717) is 12.8 Å². The molecular formula is C41H62N2O4. The molecule has 8 atom stereocenters. The van der Waals surface area contributed by atoms with Crippen molar-refractivity contribution >= 4 is 11.9 Å². The molecule has 0 bridgehead atoms. The molecule has 0 amide bonds. The molecule has 2 heterocycles. The Morgan fingerprint density at radius 2 is 1.06 bits per heavy atom. The Morgan fingerprint density at radius 1 is 0.681 bits per heavy atom. The second-order valence-electron chi connectivity index (χ2n) is 16.2. The fourth-order valence-electron chi connectivity index (χ4n) is 10.3. The van der Waals surface area contributed by atoms with Crippen LogP contribution < -0.4 is 10.6 Å². The van der Waals surface area contributed by atoms with E-state index < -0.39 is 22.8 Å². The van der Waals surface area contributed by atoms with Gasteiger partial charge in [-0.1, -0.05) is 102 Å². The molecule has 2 saturated heterocycles. The molecule has 0 aliphatic carbocycles. The number of carbonyl (C=O) groups is 2. The number of carboxylic acid groups (broad SMARTS) is 2. The molecule has 2 aliphatic rings. The molecule has 2 aromatic carbocycles. The van der Waals surface area contributed by atoms with Crippen molar-refractivity contribution in [2.24, 2.45) is 29.1 Å². The van der Waals surface area contributed by atoms with Crippen LogP contribution in [-0.2, 0) is 21.4 Å². The van der Waals surface area contributed by atoms with Crippen molar-refractivity contribution in [1.82, 2.24) is 10.6 Å². The van der Waals surface area contributed by atoms with Gasteiger partial charge in [0.05, 0.1) is 0 Å². The van der Waals surface area contributed by atoms with E-state index >= 15 is 0 Å². The predicted molar refractivity (Wildman–Crippen MR) is 192 cm³/mol. The lowest BCUT2D eigenvalue weighted by atomic mass is 9.39. The molecule has 260 valence electrons. The fraction of sp³-hybridized carbons (Fsp3) is 0.659. The highest BCUT2D eigenvalue weighted by Gasteiger charge is 2.73. The predicted octanol–water partition coefficient (Wildman–Crippen LogP) is 8.49. The average molecular weight is 647 g/mol. The normalized spacial score (nSPS) is 36.0. The zero-order chi connectivity index (χ0) is 35.1. The molecule has 0 saturated carbocycles. The van der Waals surface area contributed by atoms with Crippen LogP contribution in [0.3, 0.4) is 0 Å². The molecule has 2 aromatic rings. The quantitative estimate of drug-likeness (QED) is 0.173. The van der Waals surface area contributed by atoms with Crippen LogP contribution in [-0.4, -0.2) is 44.3 Å². The molecule has 0 spiro atoms. The highest BCUT2D eigenvalue weighted by atomic mass is 16.4. The largest absolute Gasteiger partial charge is 0.480 e. The molecule has 2 aliphatic heterocycles. The first-order valence-corrected chi connectivity index (χ1v) is 18.1. The molecule has 4 N–H and O–H groups in total. The average Bonchev–Trinajstić information content (AvgIpc) is 3.05. The minimum atomic E-state index is -2.16. The second-order valence-corrected chi connectivity index (χ2v) is 16.2. The first-order chi connectivity index (χ1) is 22.0. The summed E-state index contributed by atoms with van der Waals surface area (Å²) in [6.45, 7) is 22.4. The van der Waals surface area contributed by atoms with E-state index in [1.807, 2.05) is 60.7 Å². The molecule has 2 fully saturated rings. The number of carboxylic acids is 2. The fourth-order valence-corrected chi connectivity index (χ4v) is 10.3. The SMILES string of the molecule is CCC1(C)CC(C(c2ccccc2)(C2CC(C)(CC)NC(C)(CC)C2C)C(Cc2ccccc2)(C(=O)O)C(=O)O)C(C)C(C)(CC)N1. The number of hydrogen-bond acceptors (Lipinski definition) is 4. The number of aliphatic carboxylic acids is 2. The zero-order valence-electron chi connectivity index (χ0n) is 30.7. The molecule has 6 heteroatoms. The maximum Gasteiger partial charge on any atom is 0.322 e. The van der Waals surface area contributed by atoms with Crippen LogP contribution in [0.1, 0.15) is 119 Å². The van der Waals surface area contributed by atoms with Gasteiger partial charge in [-0.2, -0.15) is 0 Å². The van der Waals surface area contributed by atoms with E-state index in [0.717, 1.165) is 36.8 Å². The van der Waals surface area contributed by atoms with Gasteiger partial charge < -0.3 is 20.8 Å². The molecule has 6 nitrogen and oxygen atoms in total. The summed E-state index contributed by atoms with van der Waals surface area (Å²) in [7, 11) is 0. The van der Waals surface area contributed by atoms with Gasteiger partial charge in [-0.15, -0.1) is 0 Å². The lowest BCUT2D eigenvalue weighted by Gasteiger charge is -2.67. The van der Waals surface area contributed by atoms with Crippen molar-refractivity contribution < 1.29 is 19.8 Å². The van der Waals surface area contributed by atoms with Gasteiger partial charge in [-0.3, -0.25) is 9.59 Å². The summed E-state index contributed by atoms with van der Waals surface area (Å²) < 4.78 is 0. The number of nitrogens with one attached hydrogen (secondary N) is 2. The van der Waals surface area contributed by atoms with Crippen LogP contribution in [0.2, 0.25) is 0 Å². The minimum absolute atomic E-state index is 0.0240. The van der Waals surface area contributed by atoms with Crippen molar-refractivity contribution in [2.75, 3.05) is 0 Å². The van der Waals surface area contributed by atoms with Crippen molar-refractivity contribution in [3.05, 3.63) is 71.8 Å². The Kier molecular flexibility index (Phi) is 10.5. The van der Waals surface area contributed by atoms with E-state index in [1.54, 1.807) is 0 Å². The van der Waals surface area contributed by atoms with E-state index in [1.165, 1.54) is 0 Å². The summed E-state index contributed by atoms with van der Waals surface area (Å²) in [6, 6.07) is 19.5. The van der Waals surface area contributed by atoms with Crippen LogP contribution in [0, 0.1) is 29.1 Å². The minimum Gasteiger partial charge on any atom is -0.480 e. The monoisotopic (exact) mass is 646 g/mol. The Morgan fingerprint density at radius 3 is 1.40 bits per heavy atom. The van der Waals surface area contributed by atoms with E-state index in [9.17, 15) is 19.8 Å². The molecular weight excluding hydrogens is 584 g/mol. The van der Waals surface area contributed by atoms with Gasteiger partial charge >= 0.3 is 11.9 Å². The highest BCUT2D eigenvalue weighted by molar-refractivity contribution is 6.01. The van der Waals surface area contributed by atoms with Gasteiger partial charge in [0.25, 0.3) is 0 Å².